The third-order valence-electron chi connectivity index (χ3n) is 3.45. The molecule has 0 spiro atoms. The molecular weight excluding hydrogens is 306 g/mol. The van der Waals surface area contributed by atoms with E-state index < -0.39 is 0 Å². The molecule has 0 aliphatic carbocycles. The second-order valence-electron chi connectivity index (χ2n) is 4.65. The van der Waals surface area contributed by atoms with Gasteiger partial charge in [0.2, 0.25) is 0 Å². The highest BCUT2D eigenvalue weighted by Gasteiger charge is 2.18. The van der Waals surface area contributed by atoms with Crippen molar-refractivity contribution in [1.82, 2.24) is 4.90 Å². The van der Waals surface area contributed by atoms with Gasteiger partial charge in [0.1, 0.15) is 6.07 Å². The Morgan fingerprint density at radius 3 is 2.84 bits per heavy atom. The van der Waals surface area contributed by atoms with Crippen molar-refractivity contribution < 1.29 is 5.11 Å². The molecule has 2 rings (SSSR count). The first-order valence-electron chi connectivity index (χ1n) is 6.53. The van der Waals surface area contributed by atoms with Gasteiger partial charge in [-0.1, -0.05) is 6.07 Å². The second-order valence-corrected chi connectivity index (χ2v) is 5.51. The molecule has 1 saturated heterocycles. The van der Waals surface area contributed by atoms with Crippen LogP contribution in [0.3, 0.4) is 0 Å². The van der Waals surface area contributed by atoms with E-state index in [9.17, 15) is 5.26 Å². The van der Waals surface area contributed by atoms with Gasteiger partial charge >= 0.3 is 0 Å². The van der Waals surface area contributed by atoms with E-state index in [-0.39, 0.29) is 6.61 Å². The molecular formula is C14H18BrN3O. The molecule has 1 aromatic rings. The standard InChI is InChI=1S/C14H18BrN3O/c15-13-3-1-4-14(12(13)11-16)18-6-2-5-17(7-8-18)9-10-19/h1,3-4,19H,2,5-10H2. The Bertz CT molecular complexity index is 472. The first kappa shape index (κ1) is 14.3. The second kappa shape index (κ2) is 6.90. The molecule has 4 nitrogen and oxygen atoms in total. The van der Waals surface area contributed by atoms with Crippen LogP contribution in [0.5, 0.6) is 0 Å². The van der Waals surface area contributed by atoms with Crippen LogP contribution >= 0.6 is 15.9 Å². The van der Waals surface area contributed by atoms with Crippen molar-refractivity contribution in [3.8, 4) is 6.07 Å². The van der Waals surface area contributed by atoms with Gasteiger partial charge in [0.15, 0.2) is 0 Å². The summed E-state index contributed by atoms with van der Waals surface area (Å²) in [6.45, 7) is 4.72. The normalized spacial score (nSPS) is 17.0. The van der Waals surface area contributed by atoms with E-state index in [2.05, 4.69) is 31.8 Å². The highest BCUT2D eigenvalue weighted by Crippen LogP contribution is 2.27. The van der Waals surface area contributed by atoms with Crippen LogP contribution in [0.4, 0.5) is 5.69 Å². The Hall–Kier alpha value is -1.09. The lowest BCUT2D eigenvalue weighted by molar-refractivity contribution is 0.204. The fourth-order valence-electron chi connectivity index (χ4n) is 2.46. The topological polar surface area (TPSA) is 50.5 Å². The third kappa shape index (κ3) is 3.47. The van der Waals surface area contributed by atoms with Crippen molar-refractivity contribution >= 4 is 21.6 Å². The van der Waals surface area contributed by atoms with Gasteiger partial charge in [-0.2, -0.15) is 5.26 Å². The summed E-state index contributed by atoms with van der Waals surface area (Å²) in [6.07, 6.45) is 1.05. The van der Waals surface area contributed by atoms with Gasteiger partial charge in [0, 0.05) is 30.7 Å². The third-order valence-corrected chi connectivity index (χ3v) is 4.11. The van der Waals surface area contributed by atoms with E-state index in [4.69, 9.17) is 5.11 Å². The lowest BCUT2D eigenvalue weighted by Gasteiger charge is -2.24. The van der Waals surface area contributed by atoms with Crippen LogP contribution < -0.4 is 4.90 Å². The molecule has 1 aliphatic heterocycles. The molecule has 0 saturated carbocycles. The van der Waals surface area contributed by atoms with Gasteiger partial charge in [0.25, 0.3) is 0 Å². The zero-order valence-electron chi connectivity index (χ0n) is 10.8. The van der Waals surface area contributed by atoms with Crippen LogP contribution in [0, 0.1) is 11.3 Å². The maximum Gasteiger partial charge on any atom is 0.103 e. The van der Waals surface area contributed by atoms with Gasteiger partial charge in [-0.25, -0.2) is 0 Å². The average Bonchev–Trinajstić information content (AvgIpc) is 2.64. The minimum atomic E-state index is 0.209. The number of aliphatic hydroxyl groups excluding tert-OH is 1. The number of hydrogen-bond donors (Lipinski definition) is 1. The van der Waals surface area contributed by atoms with Crippen molar-refractivity contribution in [3.63, 3.8) is 0 Å². The molecule has 1 aromatic carbocycles. The molecule has 0 unspecified atom stereocenters. The monoisotopic (exact) mass is 323 g/mol. The van der Waals surface area contributed by atoms with Gasteiger partial charge in [0.05, 0.1) is 17.9 Å². The number of nitrogens with zero attached hydrogens (tertiary/aromatic N) is 3. The molecule has 102 valence electrons. The van der Waals surface area contributed by atoms with Crippen molar-refractivity contribution in [1.29, 1.82) is 5.26 Å². The summed E-state index contributed by atoms with van der Waals surface area (Å²) in [6, 6.07) is 8.15. The van der Waals surface area contributed by atoms with Gasteiger partial charge in [-0.15, -0.1) is 0 Å². The maximum atomic E-state index is 9.29. The summed E-state index contributed by atoms with van der Waals surface area (Å²) in [5.41, 5.74) is 1.71. The minimum absolute atomic E-state index is 0.209. The van der Waals surface area contributed by atoms with Crippen LogP contribution in [0.1, 0.15) is 12.0 Å². The van der Waals surface area contributed by atoms with Crippen molar-refractivity contribution in [2.24, 2.45) is 0 Å². The van der Waals surface area contributed by atoms with E-state index in [1.165, 1.54) is 0 Å². The quantitative estimate of drug-likeness (QED) is 0.922. The zero-order chi connectivity index (χ0) is 13.7. The fraction of sp³-hybridized carbons (Fsp3) is 0.500. The molecule has 0 radical (unpaired) electrons. The summed E-state index contributed by atoms with van der Waals surface area (Å²) in [7, 11) is 0. The van der Waals surface area contributed by atoms with E-state index >= 15 is 0 Å². The van der Waals surface area contributed by atoms with Crippen molar-refractivity contribution in [3.05, 3.63) is 28.2 Å². The highest BCUT2D eigenvalue weighted by atomic mass is 79.9. The first-order valence-corrected chi connectivity index (χ1v) is 7.32. The summed E-state index contributed by atoms with van der Waals surface area (Å²) >= 11 is 3.44. The zero-order valence-corrected chi connectivity index (χ0v) is 12.4. The first-order chi connectivity index (χ1) is 9.26. The molecule has 1 fully saturated rings. The molecule has 0 aromatic heterocycles. The molecule has 5 heteroatoms. The highest BCUT2D eigenvalue weighted by molar-refractivity contribution is 9.10. The number of benzene rings is 1. The Morgan fingerprint density at radius 1 is 1.26 bits per heavy atom. The number of nitriles is 1. The molecule has 1 aliphatic rings. The molecule has 0 amide bonds. The summed E-state index contributed by atoms with van der Waals surface area (Å²) in [5.74, 6) is 0. The fourth-order valence-corrected chi connectivity index (χ4v) is 2.91. The van der Waals surface area contributed by atoms with Crippen molar-refractivity contribution in [2.45, 2.75) is 6.42 Å². The lowest BCUT2D eigenvalue weighted by Crippen LogP contribution is -2.32. The van der Waals surface area contributed by atoms with E-state index in [1.54, 1.807) is 0 Å². The van der Waals surface area contributed by atoms with E-state index in [0.717, 1.165) is 49.3 Å². The van der Waals surface area contributed by atoms with Gasteiger partial charge in [-0.3, -0.25) is 4.90 Å². The van der Waals surface area contributed by atoms with Gasteiger partial charge < -0.3 is 10.0 Å². The Morgan fingerprint density at radius 2 is 2.11 bits per heavy atom. The maximum absolute atomic E-state index is 9.29. The SMILES string of the molecule is N#Cc1c(Br)cccc1N1CCCN(CCO)CC1. The van der Waals surface area contributed by atoms with Gasteiger partial charge in [-0.05, 0) is 41.0 Å². The molecule has 0 bridgehead atoms. The molecule has 1 heterocycles. The number of β-amino-alcohol motifs (C(OH)–C–C–N with tert-alkyl or cyclic N) is 1. The number of aliphatic hydroxyl groups is 1. The summed E-state index contributed by atoms with van der Waals surface area (Å²) in [5, 5.41) is 18.3. The summed E-state index contributed by atoms with van der Waals surface area (Å²) < 4.78 is 0.851. The number of halogens is 1. The largest absolute Gasteiger partial charge is 0.395 e. The Labute approximate surface area is 122 Å². The Kier molecular flexibility index (Phi) is 5.20. The smallest absolute Gasteiger partial charge is 0.103 e. The van der Waals surface area contributed by atoms with E-state index in [1.807, 2.05) is 18.2 Å². The predicted molar refractivity (Wildman–Crippen MR) is 79.2 cm³/mol. The average molecular weight is 324 g/mol. The van der Waals surface area contributed by atoms with Crippen LogP contribution in [0.15, 0.2) is 22.7 Å². The Balaban J connectivity index is 2.15. The molecule has 0 atom stereocenters. The van der Waals surface area contributed by atoms with Crippen LogP contribution in [0.25, 0.3) is 0 Å². The molecule has 1 N–H and O–H groups in total. The number of rotatable bonds is 3. The summed E-state index contributed by atoms with van der Waals surface area (Å²) in [4.78, 5) is 4.53. The van der Waals surface area contributed by atoms with Crippen LogP contribution in [-0.2, 0) is 0 Å². The number of hydrogen-bond acceptors (Lipinski definition) is 4. The minimum Gasteiger partial charge on any atom is -0.395 e. The van der Waals surface area contributed by atoms with E-state index in [0.29, 0.717) is 5.56 Å². The predicted octanol–water partition coefficient (Wildman–Crippen LogP) is 1.83. The lowest BCUT2D eigenvalue weighted by atomic mass is 10.1. The molecule has 19 heavy (non-hydrogen) atoms. The van der Waals surface area contributed by atoms with Crippen LogP contribution in [0.2, 0.25) is 0 Å². The van der Waals surface area contributed by atoms with Crippen molar-refractivity contribution in [2.75, 3.05) is 44.2 Å². The van der Waals surface area contributed by atoms with Crippen LogP contribution in [-0.4, -0.2) is 49.3 Å². The number of anilines is 1.